The number of piperidine rings is 1. The number of halogens is 2. The third kappa shape index (κ3) is 3.75. The van der Waals surface area contributed by atoms with Crippen LogP contribution < -0.4 is 10.6 Å². The molecule has 0 radical (unpaired) electrons. The molecule has 2 nitrogen and oxygen atoms in total. The van der Waals surface area contributed by atoms with Crippen LogP contribution in [0.4, 0.5) is 8.78 Å². The zero-order valence-corrected chi connectivity index (χ0v) is 9.81. The fraction of sp³-hybridized carbons (Fsp3) is 0.538. The molecular formula is C13H18F2N2. The lowest BCUT2D eigenvalue weighted by atomic mass is 10.1. The summed E-state index contributed by atoms with van der Waals surface area (Å²) in [5.74, 6) is -1.54. The third-order valence-corrected chi connectivity index (χ3v) is 3.13. The van der Waals surface area contributed by atoms with Crippen LogP contribution >= 0.6 is 0 Å². The predicted octanol–water partition coefficient (Wildman–Crippen LogP) is 1.85. The van der Waals surface area contributed by atoms with E-state index in [1.54, 1.807) is 6.07 Å². The number of nitrogens with one attached hydrogen (secondary N) is 2. The van der Waals surface area contributed by atoms with Crippen molar-refractivity contribution < 1.29 is 8.78 Å². The van der Waals surface area contributed by atoms with Crippen molar-refractivity contribution in [1.82, 2.24) is 10.6 Å². The van der Waals surface area contributed by atoms with Crippen LogP contribution in [0.1, 0.15) is 18.4 Å². The Morgan fingerprint density at radius 1 is 1.29 bits per heavy atom. The third-order valence-electron chi connectivity index (χ3n) is 3.13. The smallest absolute Gasteiger partial charge is 0.159 e. The molecule has 4 heteroatoms. The fourth-order valence-corrected chi connectivity index (χ4v) is 2.14. The maximum Gasteiger partial charge on any atom is 0.159 e. The Kier molecular flexibility index (Phi) is 4.45. The molecule has 1 atom stereocenters. The Bertz CT molecular complexity index is 362. The first-order chi connectivity index (χ1) is 8.25. The summed E-state index contributed by atoms with van der Waals surface area (Å²) in [7, 11) is 0. The molecule has 1 aromatic carbocycles. The van der Waals surface area contributed by atoms with Crippen LogP contribution in [-0.4, -0.2) is 25.7 Å². The molecule has 1 aromatic rings. The van der Waals surface area contributed by atoms with Crippen molar-refractivity contribution in [2.45, 2.75) is 25.3 Å². The highest BCUT2D eigenvalue weighted by Crippen LogP contribution is 2.09. The van der Waals surface area contributed by atoms with Gasteiger partial charge in [0.1, 0.15) is 0 Å². The molecule has 0 spiro atoms. The number of hydrogen-bond acceptors (Lipinski definition) is 2. The van der Waals surface area contributed by atoms with Crippen LogP contribution in [0, 0.1) is 11.6 Å². The minimum Gasteiger partial charge on any atom is -0.315 e. The van der Waals surface area contributed by atoms with E-state index in [4.69, 9.17) is 0 Å². The van der Waals surface area contributed by atoms with Crippen LogP contribution in [0.5, 0.6) is 0 Å². The molecule has 1 heterocycles. The van der Waals surface area contributed by atoms with Crippen molar-refractivity contribution in [1.29, 1.82) is 0 Å². The summed E-state index contributed by atoms with van der Waals surface area (Å²) < 4.78 is 25.7. The zero-order chi connectivity index (χ0) is 12.1. The van der Waals surface area contributed by atoms with Crippen LogP contribution in [0.2, 0.25) is 0 Å². The van der Waals surface area contributed by atoms with E-state index in [1.807, 2.05) is 0 Å². The van der Waals surface area contributed by atoms with Crippen molar-refractivity contribution in [3.05, 3.63) is 35.4 Å². The van der Waals surface area contributed by atoms with E-state index >= 15 is 0 Å². The minimum absolute atomic E-state index is 0.508. The maximum absolute atomic E-state index is 13.0. The van der Waals surface area contributed by atoms with E-state index in [9.17, 15) is 8.78 Å². The Hall–Kier alpha value is -1.00. The molecule has 0 aliphatic carbocycles. The van der Waals surface area contributed by atoms with Gasteiger partial charge in [0.15, 0.2) is 11.6 Å². The first-order valence-electron chi connectivity index (χ1n) is 6.14. The van der Waals surface area contributed by atoms with Crippen LogP contribution in [0.3, 0.4) is 0 Å². The lowest BCUT2D eigenvalue weighted by Gasteiger charge is -2.23. The highest BCUT2D eigenvalue weighted by Gasteiger charge is 2.11. The van der Waals surface area contributed by atoms with Crippen molar-refractivity contribution in [2.75, 3.05) is 19.6 Å². The van der Waals surface area contributed by atoms with Crippen molar-refractivity contribution in [3.8, 4) is 0 Å². The number of rotatable bonds is 4. The first-order valence-corrected chi connectivity index (χ1v) is 6.14. The second-order valence-corrected chi connectivity index (χ2v) is 4.50. The van der Waals surface area contributed by atoms with Gasteiger partial charge in [0.25, 0.3) is 0 Å². The SMILES string of the molecule is Fc1ccc(CCNC2CCCNC2)cc1F. The van der Waals surface area contributed by atoms with E-state index in [1.165, 1.54) is 25.0 Å². The maximum atomic E-state index is 13.0. The normalized spacial score (nSPS) is 20.5. The molecule has 2 rings (SSSR count). The molecule has 0 bridgehead atoms. The molecule has 2 N–H and O–H groups in total. The van der Waals surface area contributed by atoms with Gasteiger partial charge in [0, 0.05) is 12.6 Å². The van der Waals surface area contributed by atoms with Crippen molar-refractivity contribution >= 4 is 0 Å². The molecule has 1 aliphatic rings. The van der Waals surface area contributed by atoms with Crippen molar-refractivity contribution in [3.63, 3.8) is 0 Å². The summed E-state index contributed by atoms with van der Waals surface area (Å²) in [5, 5.41) is 6.75. The monoisotopic (exact) mass is 240 g/mol. The Morgan fingerprint density at radius 3 is 2.88 bits per heavy atom. The number of benzene rings is 1. The summed E-state index contributed by atoms with van der Waals surface area (Å²) in [6, 6.07) is 4.61. The Labute approximate surface area is 100 Å². The van der Waals surface area contributed by atoms with Gasteiger partial charge in [0.2, 0.25) is 0 Å². The molecule has 94 valence electrons. The van der Waals surface area contributed by atoms with Gasteiger partial charge >= 0.3 is 0 Å². The van der Waals surface area contributed by atoms with Crippen molar-refractivity contribution in [2.24, 2.45) is 0 Å². The van der Waals surface area contributed by atoms with E-state index in [2.05, 4.69) is 10.6 Å². The molecule has 0 amide bonds. The second-order valence-electron chi connectivity index (χ2n) is 4.50. The Morgan fingerprint density at radius 2 is 2.18 bits per heavy atom. The van der Waals surface area contributed by atoms with Crippen LogP contribution in [0.25, 0.3) is 0 Å². The van der Waals surface area contributed by atoms with Gasteiger partial charge in [-0.25, -0.2) is 8.78 Å². The predicted molar refractivity (Wildman–Crippen MR) is 64.0 cm³/mol. The quantitative estimate of drug-likeness (QED) is 0.839. The fourth-order valence-electron chi connectivity index (χ4n) is 2.14. The van der Waals surface area contributed by atoms with Crippen LogP contribution in [-0.2, 0) is 6.42 Å². The lowest BCUT2D eigenvalue weighted by Crippen LogP contribution is -2.43. The van der Waals surface area contributed by atoms with Gasteiger partial charge in [-0.15, -0.1) is 0 Å². The summed E-state index contributed by atoms with van der Waals surface area (Å²) >= 11 is 0. The van der Waals surface area contributed by atoms with E-state index in [-0.39, 0.29) is 0 Å². The highest BCUT2D eigenvalue weighted by molar-refractivity contribution is 5.18. The summed E-state index contributed by atoms with van der Waals surface area (Å²) in [5.41, 5.74) is 0.833. The van der Waals surface area contributed by atoms with Crippen LogP contribution in [0.15, 0.2) is 18.2 Å². The Balaban J connectivity index is 1.75. The second kappa shape index (κ2) is 6.07. The summed E-state index contributed by atoms with van der Waals surface area (Å²) in [6.07, 6.45) is 3.11. The largest absolute Gasteiger partial charge is 0.315 e. The van der Waals surface area contributed by atoms with Gasteiger partial charge in [-0.3, -0.25) is 0 Å². The van der Waals surface area contributed by atoms with Gasteiger partial charge in [-0.05, 0) is 50.0 Å². The van der Waals surface area contributed by atoms with Gasteiger partial charge in [0.05, 0.1) is 0 Å². The summed E-state index contributed by atoms with van der Waals surface area (Å²) in [6.45, 7) is 2.90. The minimum atomic E-state index is -0.779. The standard InChI is InChI=1S/C13H18F2N2/c14-12-4-3-10(8-13(12)15)5-7-17-11-2-1-6-16-9-11/h3-4,8,11,16-17H,1-2,5-7,9H2. The molecule has 1 unspecified atom stereocenters. The molecule has 1 saturated heterocycles. The lowest BCUT2D eigenvalue weighted by molar-refractivity contribution is 0.392. The van der Waals surface area contributed by atoms with Gasteiger partial charge in [-0.1, -0.05) is 6.07 Å². The first kappa shape index (κ1) is 12.5. The van der Waals surface area contributed by atoms with E-state index < -0.39 is 11.6 Å². The van der Waals surface area contributed by atoms with Gasteiger partial charge < -0.3 is 10.6 Å². The molecular weight excluding hydrogens is 222 g/mol. The number of hydrogen-bond donors (Lipinski definition) is 2. The average molecular weight is 240 g/mol. The zero-order valence-electron chi connectivity index (χ0n) is 9.81. The van der Waals surface area contributed by atoms with Gasteiger partial charge in [-0.2, -0.15) is 0 Å². The molecule has 0 aromatic heterocycles. The molecule has 1 fully saturated rings. The molecule has 1 aliphatic heterocycles. The van der Waals surface area contributed by atoms with E-state index in [0.29, 0.717) is 6.04 Å². The summed E-state index contributed by atoms with van der Waals surface area (Å²) in [4.78, 5) is 0. The molecule has 0 saturated carbocycles. The molecule has 17 heavy (non-hydrogen) atoms. The topological polar surface area (TPSA) is 24.1 Å². The highest BCUT2D eigenvalue weighted by atomic mass is 19.2. The average Bonchev–Trinajstić information content (AvgIpc) is 2.35. The van der Waals surface area contributed by atoms with E-state index in [0.717, 1.165) is 31.6 Å².